The smallest absolute Gasteiger partial charge is 0.319 e. The number of urea groups is 1. The van der Waals surface area contributed by atoms with Crippen molar-refractivity contribution in [3.8, 4) is 5.75 Å². The van der Waals surface area contributed by atoms with Crippen LogP contribution in [0.4, 0.5) is 16.2 Å². The minimum absolute atomic E-state index is 0.249. The highest BCUT2D eigenvalue weighted by Crippen LogP contribution is 2.32. The summed E-state index contributed by atoms with van der Waals surface area (Å²) in [6, 6.07) is 3.70. The van der Waals surface area contributed by atoms with Crippen LogP contribution in [0.5, 0.6) is 5.75 Å². The fourth-order valence-corrected chi connectivity index (χ4v) is 2.19. The highest BCUT2D eigenvalue weighted by atomic mass is 16.5. The molecule has 8 nitrogen and oxygen atoms in total. The summed E-state index contributed by atoms with van der Waals surface area (Å²) in [5.41, 5.74) is 0.578. The van der Waals surface area contributed by atoms with Crippen molar-refractivity contribution in [2.45, 2.75) is 52.3 Å². The van der Waals surface area contributed by atoms with Crippen LogP contribution in [0.25, 0.3) is 0 Å². The SMILES string of the molecule is C[C@H](NC(=O)Nc1ccc2c(c1)NC(=O)[C@H](C)O2)C(=O)NC(C)(C)C. The van der Waals surface area contributed by atoms with Crippen LogP contribution in [0.15, 0.2) is 18.2 Å². The minimum Gasteiger partial charge on any atom is -0.479 e. The highest BCUT2D eigenvalue weighted by Gasteiger charge is 2.24. The van der Waals surface area contributed by atoms with E-state index in [1.165, 1.54) is 0 Å². The maximum Gasteiger partial charge on any atom is 0.319 e. The van der Waals surface area contributed by atoms with E-state index in [9.17, 15) is 14.4 Å². The van der Waals surface area contributed by atoms with Gasteiger partial charge in [-0.1, -0.05) is 0 Å². The van der Waals surface area contributed by atoms with Crippen LogP contribution in [-0.2, 0) is 9.59 Å². The van der Waals surface area contributed by atoms with Gasteiger partial charge in [0.15, 0.2) is 6.10 Å². The second-order valence-electron chi connectivity index (χ2n) is 7.02. The molecule has 0 fully saturated rings. The lowest BCUT2D eigenvalue weighted by Gasteiger charge is -2.24. The Labute approximate surface area is 146 Å². The van der Waals surface area contributed by atoms with Gasteiger partial charge in [-0.15, -0.1) is 0 Å². The number of benzene rings is 1. The maximum absolute atomic E-state index is 12.1. The zero-order valence-electron chi connectivity index (χ0n) is 15.0. The molecule has 0 saturated carbocycles. The lowest BCUT2D eigenvalue weighted by molar-refractivity contribution is -0.124. The summed E-state index contributed by atoms with van der Waals surface area (Å²) in [7, 11) is 0. The molecular weight excluding hydrogens is 324 g/mol. The average Bonchev–Trinajstić information content (AvgIpc) is 2.46. The molecule has 0 spiro atoms. The molecule has 1 aliphatic rings. The molecular formula is C17H24N4O4. The van der Waals surface area contributed by atoms with Gasteiger partial charge in [-0.05, 0) is 52.8 Å². The summed E-state index contributed by atoms with van der Waals surface area (Å²) >= 11 is 0. The Hall–Kier alpha value is -2.77. The average molecular weight is 348 g/mol. The van der Waals surface area contributed by atoms with Crippen LogP contribution >= 0.6 is 0 Å². The molecule has 0 aromatic heterocycles. The second kappa shape index (κ2) is 7.00. The predicted molar refractivity (Wildman–Crippen MR) is 94.7 cm³/mol. The van der Waals surface area contributed by atoms with Crippen LogP contribution in [-0.4, -0.2) is 35.5 Å². The lowest BCUT2D eigenvalue weighted by atomic mass is 10.1. The van der Waals surface area contributed by atoms with Gasteiger partial charge in [-0.2, -0.15) is 0 Å². The number of fused-ring (bicyclic) bond motifs is 1. The second-order valence-corrected chi connectivity index (χ2v) is 7.02. The molecule has 8 heteroatoms. The number of ether oxygens (including phenoxy) is 1. The van der Waals surface area contributed by atoms with Gasteiger partial charge in [-0.25, -0.2) is 4.79 Å². The quantitative estimate of drug-likeness (QED) is 0.668. The van der Waals surface area contributed by atoms with Crippen molar-refractivity contribution in [1.82, 2.24) is 10.6 Å². The fourth-order valence-electron chi connectivity index (χ4n) is 2.19. The van der Waals surface area contributed by atoms with E-state index < -0.39 is 18.2 Å². The van der Waals surface area contributed by atoms with E-state index in [4.69, 9.17) is 4.74 Å². The Morgan fingerprint density at radius 3 is 2.60 bits per heavy atom. The molecule has 0 saturated heterocycles. The highest BCUT2D eigenvalue weighted by molar-refractivity contribution is 5.99. The first-order valence-electron chi connectivity index (χ1n) is 8.06. The van der Waals surface area contributed by atoms with Gasteiger partial charge < -0.3 is 26.0 Å². The van der Waals surface area contributed by atoms with E-state index >= 15 is 0 Å². The van der Waals surface area contributed by atoms with Crippen molar-refractivity contribution in [2.75, 3.05) is 10.6 Å². The van der Waals surface area contributed by atoms with Crippen molar-refractivity contribution in [1.29, 1.82) is 0 Å². The summed E-state index contributed by atoms with van der Waals surface area (Å²) in [5.74, 6) is 0.0142. The normalized spacial score (nSPS) is 17.5. The molecule has 4 N–H and O–H groups in total. The first kappa shape index (κ1) is 18.6. The number of amides is 4. The molecule has 0 unspecified atom stereocenters. The summed E-state index contributed by atoms with van der Waals surface area (Å²) < 4.78 is 5.45. The summed E-state index contributed by atoms with van der Waals surface area (Å²) in [6.07, 6.45) is -0.559. The number of rotatable bonds is 3. The molecule has 25 heavy (non-hydrogen) atoms. The third-order valence-electron chi connectivity index (χ3n) is 3.41. The molecule has 4 amide bonds. The van der Waals surface area contributed by atoms with E-state index in [1.54, 1.807) is 32.0 Å². The van der Waals surface area contributed by atoms with Gasteiger partial charge in [0.2, 0.25) is 5.91 Å². The molecule has 1 aliphatic heterocycles. The van der Waals surface area contributed by atoms with E-state index in [0.29, 0.717) is 17.1 Å². The Balaban J connectivity index is 1.96. The topological polar surface area (TPSA) is 109 Å². The van der Waals surface area contributed by atoms with Gasteiger partial charge in [0.1, 0.15) is 11.8 Å². The van der Waals surface area contributed by atoms with E-state index in [0.717, 1.165) is 0 Å². The number of hydrogen-bond acceptors (Lipinski definition) is 4. The molecule has 0 aliphatic carbocycles. The molecule has 2 rings (SSSR count). The van der Waals surface area contributed by atoms with Gasteiger partial charge in [-0.3, -0.25) is 9.59 Å². The van der Waals surface area contributed by atoms with Gasteiger partial charge in [0.25, 0.3) is 5.91 Å². The van der Waals surface area contributed by atoms with Crippen LogP contribution in [0.2, 0.25) is 0 Å². The van der Waals surface area contributed by atoms with Crippen molar-refractivity contribution in [2.24, 2.45) is 0 Å². The number of hydrogen-bond donors (Lipinski definition) is 4. The zero-order chi connectivity index (χ0) is 18.8. The predicted octanol–water partition coefficient (Wildman–Crippen LogP) is 1.83. The monoisotopic (exact) mass is 348 g/mol. The first-order chi connectivity index (χ1) is 11.5. The van der Waals surface area contributed by atoms with Crippen molar-refractivity contribution >= 4 is 29.2 Å². The van der Waals surface area contributed by atoms with Crippen LogP contribution in [0.1, 0.15) is 34.6 Å². The molecule has 1 heterocycles. The summed E-state index contributed by atoms with van der Waals surface area (Å²) in [5, 5.41) is 10.7. The Kier molecular flexibility index (Phi) is 5.20. The van der Waals surface area contributed by atoms with Crippen LogP contribution < -0.4 is 26.0 Å². The number of nitrogens with one attached hydrogen (secondary N) is 4. The zero-order valence-corrected chi connectivity index (χ0v) is 15.0. The Bertz CT molecular complexity index is 696. The third kappa shape index (κ3) is 5.10. The Morgan fingerprint density at radius 2 is 1.96 bits per heavy atom. The maximum atomic E-state index is 12.1. The molecule has 0 bridgehead atoms. The van der Waals surface area contributed by atoms with E-state index in [1.807, 2.05) is 20.8 Å². The van der Waals surface area contributed by atoms with Crippen LogP contribution in [0.3, 0.4) is 0 Å². The van der Waals surface area contributed by atoms with Crippen molar-refractivity contribution in [3.63, 3.8) is 0 Å². The lowest BCUT2D eigenvalue weighted by Crippen LogP contribution is -2.51. The van der Waals surface area contributed by atoms with Crippen molar-refractivity contribution in [3.05, 3.63) is 18.2 Å². The Morgan fingerprint density at radius 1 is 1.28 bits per heavy atom. The number of carbonyl (C=O) groups excluding carboxylic acids is 3. The summed E-state index contributed by atoms with van der Waals surface area (Å²) in [4.78, 5) is 35.7. The van der Waals surface area contributed by atoms with E-state index in [-0.39, 0.29) is 17.4 Å². The number of carbonyl (C=O) groups is 3. The minimum atomic E-state index is -0.694. The van der Waals surface area contributed by atoms with Gasteiger partial charge in [0.05, 0.1) is 5.69 Å². The van der Waals surface area contributed by atoms with Crippen molar-refractivity contribution < 1.29 is 19.1 Å². The number of anilines is 2. The summed E-state index contributed by atoms with van der Waals surface area (Å²) in [6.45, 7) is 8.84. The third-order valence-corrected chi connectivity index (χ3v) is 3.41. The molecule has 136 valence electrons. The fraction of sp³-hybridized carbons (Fsp3) is 0.471. The molecule has 1 aromatic carbocycles. The molecule has 2 atom stereocenters. The molecule has 0 radical (unpaired) electrons. The standard InChI is InChI=1S/C17H24N4O4/c1-9(14(22)21-17(3,4)5)18-16(24)19-11-6-7-13-12(8-11)20-15(23)10(2)25-13/h6-10H,1-5H3,(H,20,23)(H,21,22)(H2,18,19,24)/t9-,10-/m0/s1. The largest absolute Gasteiger partial charge is 0.479 e. The van der Waals surface area contributed by atoms with Gasteiger partial charge >= 0.3 is 6.03 Å². The first-order valence-corrected chi connectivity index (χ1v) is 8.06. The van der Waals surface area contributed by atoms with E-state index in [2.05, 4.69) is 21.3 Å². The molecule has 1 aromatic rings. The van der Waals surface area contributed by atoms with Gasteiger partial charge in [0, 0.05) is 11.2 Å². The van der Waals surface area contributed by atoms with Crippen LogP contribution in [0, 0.1) is 0 Å².